The van der Waals surface area contributed by atoms with Crippen molar-refractivity contribution in [2.75, 3.05) is 18.0 Å². The fourth-order valence-corrected chi connectivity index (χ4v) is 3.19. The van der Waals surface area contributed by atoms with Gasteiger partial charge in [-0.3, -0.25) is 4.79 Å². The van der Waals surface area contributed by atoms with Crippen molar-refractivity contribution in [1.82, 2.24) is 24.7 Å². The van der Waals surface area contributed by atoms with Gasteiger partial charge in [0.15, 0.2) is 0 Å². The Morgan fingerprint density at radius 2 is 2.00 bits per heavy atom. The van der Waals surface area contributed by atoms with Crippen LogP contribution in [0.4, 0.5) is 5.82 Å². The van der Waals surface area contributed by atoms with Crippen LogP contribution in [0.15, 0.2) is 35.5 Å². The normalized spacial score (nSPS) is 15.6. The molecule has 4 heterocycles. The zero-order valence-corrected chi connectivity index (χ0v) is 14.7. The Bertz CT molecular complexity index is 961. The van der Waals surface area contributed by atoms with Gasteiger partial charge in [-0.15, -0.1) is 0 Å². The number of fused-ring (bicyclic) bond motifs is 1. The topological polar surface area (TPSA) is 79.7 Å². The minimum absolute atomic E-state index is 0.0403. The number of aromatic nitrogens is 5. The van der Waals surface area contributed by atoms with Crippen LogP contribution in [0.1, 0.15) is 26.5 Å². The maximum atomic E-state index is 12.1. The molecule has 0 spiro atoms. The predicted molar refractivity (Wildman–Crippen MR) is 96.8 cm³/mol. The minimum atomic E-state index is -0.0675. The summed E-state index contributed by atoms with van der Waals surface area (Å²) in [7, 11) is 0. The Morgan fingerprint density at radius 3 is 2.76 bits per heavy atom. The Labute approximate surface area is 145 Å². The molecule has 0 aliphatic carbocycles. The van der Waals surface area contributed by atoms with Crippen LogP contribution >= 0.6 is 0 Å². The molecule has 0 radical (unpaired) electrons. The lowest BCUT2D eigenvalue weighted by molar-refractivity contribution is 0.328. The van der Waals surface area contributed by atoms with Crippen molar-refractivity contribution >= 4 is 16.9 Å². The van der Waals surface area contributed by atoms with Gasteiger partial charge >= 0.3 is 0 Å². The number of nitrogens with one attached hydrogen (secondary N) is 1. The van der Waals surface area contributed by atoms with E-state index in [0.29, 0.717) is 12.5 Å². The summed E-state index contributed by atoms with van der Waals surface area (Å²) in [5, 5.41) is 5.59. The van der Waals surface area contributed by atoms with Crippen molar-refractivity contribution < 1.29 is 0 Å². The number of anilines is 1. The summed E-state index contributed by atoms with van der Waals surface area (Å²) in [6.45, 7) is 8.68. The molecule has 1 N–H and O–H groups in total. The van der Waals surface area contributed by atoms with Gasteiger partial charge in [-0.25, -0.2) is 14.6 Å². The molecule has 7 nitrogen and oxygen atoms in total. The van der Waals surface area contributed by atoms with Crippen LogP contribution in [-0.2, 0) is 12.0 Å². The highest BCUT2D eigenvalue weighted by atomic mass is 16.1. The van der Waals surface area contributed by atoms with E-state index in [0.717, 1.165) is 35.6 Å². The van der Waals surface area contributed by atoms with E-state index in [1.807, 2.05) is 18.3 Å². The molecule has 1 fully saturated rings. The first-order valence-electron chi connectivity index (χ1n) is 8.53. The molecule has 3 aromatic rings. The average Bonchev–Trinajstić information content (AvgIpc) is 2.99. The molecule has 130 valence electrons. The molecule has 25 heavy (non-hydrogen) atoms. The highest BCUT2D eigenvalue weighted by molar-refractivity contribution is 5.87. The molecule has 1 aliphatic heterocycles. The summed E-state index contributed by atoms with van der Waals surface area (Å²) >= 11 is 0. The lowest BCUT2D eigenvalue weighted by Crippen LogP contribution is -2.50. The molecular weight excluding hydrogens is 316 g/mol. The first kappa shape index (κ1) is 15.8. The molecule has 7 heteroatoms. The van der Waals surface area contributed by atoms with Crippen molar-refractivity contribution in [1.29, 1.82) is 0 Å². The summed E-state index contributed by atoms with van der Waals surface area (Å²) < 4.78 is 1.61. The summed E-state index contributed by atoms with van der Waals surface area (Å²) in [5.74, 6) is 1.34. The lowest BCUT2D eigenvalue weighted by Gasteiger charge is -2.40. The molecule has 1 aliphatic rings. The first-order valence-corrected chi connectivity index (χ1v) is 8.53. The molecule has 0 amide bonds. The SMILES string of the molecule is CC(C)(C)c1ccc(=O)n(CC2CN(c3ncnc4[nH]ccc34)C2)n1. The summed E-state index contributed by atoms with van der Waals surface area (Å²) in [6.07, 6.45) is 3.46. The lowest BCUT2D eigenvalue weighted by atomic mass is 9.92. The standard InChI is InChI=1S/C18H22N6O/c1-18(2,3)14-4-5-15(25)24(22-14)10-12-8-23(9-12)17-13-6-7-19-16(13)20-11-21-17/h4-7,11-12H,8-10H2,1-3H3,(H,19,20,21). The van der Waals surface area contributed by atoms with Crippen LogP contribution < -0.4 is 10.5 Å². The molecule has 1 saturated heterocycles. The highest BCUT2D eigenvalue weighted by Gasteiger charge is 2.30. The van der Waals surface area contributed by atoms with Crippen molar-refractivity contribution in [2.24, 2.45) is 5.92 Å². The quantitative estimate of drug-likeness (QED) is 0.789. The fourth-order valence-electron chi connectivity index (χ4n) is 3.19. The van der Waals surface area contributed by atoms with Gasteiger partial charge in [-0.05, 0) is 12.1 Å². The number of hydrogen-bond acceptors (Lipinski definition) is 5. The summed E-state index contributed by atoms with van der Waals surface area (Å²) in [6, 6.07) is 5.45. The third-order valence-corrected chi connectivity index (χ3v) is 4.66. The van der Waals surface area contributed by atoms with Gasteiger partial charge in [0.25, 0.3) is 5.56 Å². The molecule has 0 unspecified atom stereocenters. The van der Waals surface area contributed by atoms with Crippen LogP contribution in [0.3, 0.4) is 0 Å². The molecule has 0 bridgehead atoms. The van der Waals surface area contributed by atoms with E-state index >= 15 is 0 Å². The third-order valence-electron chi connectivity index (χ3n) is 4.66. The summed E-state index contributed by atoms with van der Waals surface area (Å²) in [4.78, 5) is 26.1. The predicted octanol–water partition coefficient (Wildman–Crippen LogP) is 1.95. The zero-order chi connectivity index (χ0) is 17.6. The molecule has 0 atom stereocenters. The van der Waals surface area contributed by atoms with Crippen molar-refractivity contribution in [3.8, 4) is 0 Å². The second-order valence-corrected chi connectivity index (χ2v) is 7.70. The number of hydrogen-bond donors (Lipinski definition) is 1. The van der Waals surface area contributed by atoms with Gasteiger partial charge < -0.3 is 9.88 Å². The minimum Gasteiger partial charge on any atom is -0.355 e. The van der Waals surface area contributed by atoms with Crippen LogP contribution in [0.25, 0.3) is 11.0 Å². The smallest absolute Gasteiger partial charge is 0.266 e. The van der Waals surface area contributed by atoms with Crippen LogP contribution in [0, 0.1) is 5.92 Å². The largest absolute Gasteiger partial charge is 0.355 e. The van der Waals surface area contributed by atoms with Crippen molar-refractivity contribution in [2.45, 2.75) is 32.7 Å². The monoisotopic (exact) mass is 338 g/mol. The highest BCUT2D eigenvalue weighted by Crippen LogP contribution is 2.29. The molecule has 0 aromatic carbocycles. The zero-order valence-electron chi connectivity index (χ0n) is 14.7. The molecule has 3 aromatic heterocycles. The van der Waals surface area contributed by atoms with E-state index < -0.39 is 0 Å². The van der Waals surface area contributed by atoms with Gasteiger partial charge in [-0.1, -0.05) is 20.8 Å². The second-order valence-electron chi connectivity index (χ2n) is 7.70. The van der Waals surface area contributed by atoms with Gasteiger partial charge in [0.2, 0.25) is 0 Å². The second kappa shape index (κ2) is 5.68. The number of aromatic amines is 1. The number of rotatable bonds is 3. The van der Waals surface area contributed by atoms with E-state index in [9.17, 15) is 4.79 Å². The maximum Gasteiger partial charge on any atom is 0.266 e. The Balaban J connectivity index is 1.49. The van der Waals surface area contributed by atoms with Gasteiger partial charge in [0.05, 0.1) is 17.6 Å². The van der Waals surface area contributed by atoms with E-state index in [1.165, 1.54) is 0 Å². The van der Waals surface area contributed by atoms with Gasteiger partial charge in [-0.2, -0.15) is 5.10 Å². The van der Waals surface area contributed by atoms with Gasteiger partial charge in [0, 0.05) is 36.7 Å². The first-order chi connectivity index (χ1) is 11.9. The van der Waals surface area contributed by atoms with Crippen molar-refractivity contribution in [3.05, 3.63) is 46.8 Å². The molecule has 4 rings (SSSR count). The number of H-pyrrole nitrogens is 1. The fraction of sp³-hybridized carbons (Fsp3) is 0.444. The van der Waals surface area contributed by atoms with E-state index in [4.69, 9.17) is 0 Å². The molecule has 0 saturated carbocycles. The van der Waals surface area contributed by atoms with Crippen LogP contribution in [-0.4, -0.2) is 37.8 Å². The Morgan fingerprint density at radius 1 is 1.20 bits per heavy atom. The van der Waals surface area contributed by atoms with Crippen molar-refractivity contribution in [3.63, 3.8) is 0 Å². The van der Waals surface area contributed by atoms with Crippen LogP contribution in [0.5, 0.6) is 0 Å². The Hall–Kier alpha value is -2.70. The van der Waals surface area contributed by atoms with E-state index in [-0.39, 0.29) is 11.0 Å². The third kappa shape index (κ3) is 2.90. The molecular formula is C18H22N6O. The number of nitrogens with zero attached hydrogens (tertiary/aromatic N) is 5. The average molecular weight is 338 g/mol. The summed E-state index contributed by atoms with van der Waals surface area (Å²) in [5.41, 5.74) is 1.68. The van der Waals surface area contributed by atoms with E-state index in [2.05, 4.69) is 45.7 Å². The Kier molecular flexibility index (Phi) is 3.59. The maximum absolute atomic E-state index is 12.1. The van der Waals surface area contributed by atoms with Crippen LogP contribution in [0.2, 0.25) is 0 Å². The van der Waals surface area contributed by atoms with Gasteiger partial charge in [0.1, 0.15) is 17.8 Å². The van der Waals surface area contributed by atoms with E-state index in [1.54, 1.807) is 17.1 Å².